The number of amides is 1. The van der Waals surface area contributed by atoms with Crippen LogP contribution in [0.15, 0.2) is 0 Å². The first-order valence-electron chi connectivity index (χ1n) is 6.23. The molecule has 1 saturated heterocycles. The van der Waals surface area contributed by atoms with Gasteiger partial charge in [-0.15, -0.1) is 0 Å². The minimum Gasteiger partial charge on any atom is -0.357 e. The summed E-state index contributed by atoms with van der Waals surface area (Å²) in [6.07, 6.45) is 1.44. The fourth-order valence-corrected chi connectivity index (χ4v) is 1.80. The van der Waals surface area contributed by atoms with Gasteiger partial charge in [0.25, 0.3) is 0 Å². The second-order valence-corrected chi connectivity index (χ2v) is 4.61. The molecule has 2 heterocycles. The number of rotatable bonds is 5. The van der Waals surface area contributed by atoms with Gasteiger partial charge in [-0.1, -0.05) is 0 Å². The topological polar surface area (TPSA) is 95.1 Å². The number of nitrogens with one attached hydrogen (secondary N) is 3. The molecule has 2 rings (SSSR count). The summed E-state index contributed by atoms with van der Waals surface area (Å²) in [6.45, 7) is 0.617. The van der Waals surface area contributed by atoms with Gasteiger partial charge in [-0.2, -0.15) is 15.0 Å². The lowest BCUT2D eigenvalue weighted by Gasteiger charge is -2.15. The van der Waals surface area contributed by atoms with Crippen LogP contribution in [0.3, 0.4) is 0 Å². The van der Waals surface area contributed by atoms with Crippen LogP contribution in [-0.2, 0) is 4.79 Å². The van der Waals surface area contributed by atoms with Gasteiger partial charge in [-0.25, -0.2) is 0 Å². The van der Waals surface area contributed by atoms with E-state index in [9.17, 15) is 4.79 Å². The zero-order chi connectivity index (χ0) is 13.8. The van der Waals surface area contributed by atoms with Gasteiger partial charge >= 0.3 is 0 Å². The summed E-state index contributed by atoms with van der Waals surface area (Å²) in [4.78, 5) is 25.7. The van der Waals surface area contributed by atoms with E-state index in [2.05, 4.69) is 30.9 Å². The Balaban J connectivity index is 2.02. The van der Waals surface area contributed by atoms with Gasteiger partial charge in [-0.3, -0.25) is 4.79 Å². The van der Waals surface area contributed by atoms with Crippen LogP contribution >= 0.6 is 0 Å². The van der Waals surface area contributed by atoms with Crippen molar-refractivity contribution in [1.29, 1.82) is 0 Å². The molecule has 0 saturated carbocycles. The highest BCUT2D eigenvalue weighted by atomic mass is 16.1. The van der Waals surface area contributed by atoms with Crippen molar-refractivity contribution in [3.63, 3.8) is 0 Å². The first-order valence-corrected chi connectivity index (χ1v) is 6.23. The molecule has 1 aromatic rings. The van der Waals surface area contributed by atoms with Crippen molar-refractivity contribution < 1.29 is 4.79 Å². The van der Waals surface area contributed by atoms with Crippen molar-refractivity contribution in [3.05, 3.63) is 0 Å². The SMILES string of the molecule is CNc1nc(NCC2CCC(=O)N2)nc(N(C)C)n1. The first kappa shape index (κ1) is 13.3. The molecule has 104 valence electrons. The molecule has 0 aliphatic carbocycles. The van der Waals surface area contributed by atoms with Crippen LogP contribution in [0.4, 0.5) is 17.8 Å². The molecule has 1 aliphatic rings. The maximum Gasteiger partial charge on any atom is 0.231 e. The van der Waals surface area contributed by atoms with Crippen LogP contribution < -0.4 is 20.9 Å². The third-order valence-corrected chi connectivity index (χ3v) is 2.84. The number of hydrogen-bond donors (Lipinski definition) is 3. The molecule has 1 atom stereocenters. The molecule has 1 aliphatic heterocycles. The number of nitrogens with zero attached hydrogens (tertiary/aromatic N) is 4. The van der Waals surface area contributed by atoms with Crippen LogP contribution in [0.5, 0.6) is 0 Å². The van der Waals surface area contributed by atoms with Crippen molar-refractivity contribution in [2.45, 2.75) is 18.9 Å². The Morgan fingerprint density at radius 3 is 2.63 bits per heavy atom. The lowest BCUT2D eigenvalue weighted by molar-refractivity contribution is -0.119. The molecule has 8 heteroatoms. The van der Waals surface area contributed by atoms with E-state index in [0.29, 0.717) is 30.8 Å². The van der Waals surface area contributed by atoms with Gasteiger partial charge in [0.15, 0.2) is 0 Å². The predicted molar refractivity (Wildman–Crippen MR) is 73.4 cm³/mol. The zero-order valence-electron chi connectivity index (χ0n) is 11.4. The third-order valence-electron chi connectivity index (χ3n) is 2.84. The summed E-state index contributed by atoms with van der Waals surface area (Å²) in [5.74, 6) is 1.70. The van der Waals surface area contributed by atoms with Crippen molar-refractivity contribution in [2.24, 2.45) is 0 Å². The van der Waals surface area contributed by atoms with E-state index < -0.39 is 0 Å². The fourth-order valence-electron chi connectivity index (χ4n) is 1.80. The second-order valence-electron chi connectivity index (χ2n) is 4.61. The van der Waals surface area contributed by atoms with Gasteiger partial charge in [0.2, 0.25) is 23.8 Å². The summed E-state index contributed by atoms with van der Waals surface area (Å²) in [6, 6.07) is 0.144. The van der Waals surface area contributed by atoms with Gasteiger partial charge in [0, 0.05) is 40.2 Å². The molecule has 1 amide bonds. The molecule has 0 bridgehead atoms. The Hall–Kier alpha value is -2.12. The standard InChI is InChI=1S/C11H19N7O/c1-12-9-15-10(17-11(16-9)18(2)3)13-6-7-4-5-8(19)14-7/h7H,4-6H2,1-3H3,(H,14,19)(H2,12,13,15,16,17). The Morgan fingerprint density at radius 1 is 1.32 bits per heavy atom. The third kappa shape index (κ3) is 3.43. The summed E-state index contributed by atoms with van der Waals surface area (Å²) in [5.41, 5.74) is 0. The Kier molecular flexibility index (Phi) is 3.98. The Bertz CT molecular complexity index is 462. The number of carbonyl (C=O) groups is 1. The molecular weight excluding hydrogens is 246 g/mol. The van der Waals surface area contributed by atoms with Crippen LogP contribution in [-0.4, -0.2) is 54.6 Å². The normalized spacial score (nSPS) is 18.1. The van der Waals surface area contributed by atoms with Crippen molar-refractivity contribution in [3.8, 4) is 0 Å². The lowest BCUT2D eigenvalue weighted by atomic mass is 10.2. The van der Waals surface area contributed by atoms with Crippen LogP contribution in [0.2, 0.25) is 0 Å². The number of aromatic nitrogens is 3. The van der Waals surface area contributed by atoms with Crippen molar-refractivity contribution >= 4 is 23.8 Å². The minimum atomic E-state index is 0.104. The zero-order valence-corrected chi connectivity index (χ0v) is 11.4. The Morgan fingerprint density at radius 2 is 2.05 bits per heavy atom. The van der Waals surface area contributed by atoms with E-state index in [0.717, 1.165) is 6.42 Å². The summed E-state index contributed by atoms with van der Waals surface area (Å²) < 4.78 is 0. The van der Waals surface area contributed by atoms with E-state index in [1.807, 2.05) is 19.0 Å². The predicted octanol–water partition coefficient (Wildman–Crippen LogP) is -0.330. The summed E-state index contributed by atoms with van der Waals surface area (Å²) in [7, 11) is 5.50. The minimum absolute atomic E-state index is 0.104. The molecule has 8 nitrogen and oxygen atoms in total. The van der Waals surface area contributed by atoms with Crippen LogP contribution in [0, 0.1) is 0 Å². The summed E-state index contributed by atoms with van der Waals surface area (Å²) in [5, 5.41) is 8.92. The molecular formula is C11H19N7O. The molecule has 3 N–H and O–H groups in total. The maximum absolute atomic E-state index is 11.1. The second kappa shape index (κ2) is 5.68. The monoisotopic (exact) mass is 265 g/mol. The average Bonchev–Trinajstić information content (AvgIpc) is 2.81. The molecule has 0 radical (unpaired) electrons. The number of hydrogen-bond acceptors (Lipinski definition) is 7. The molecule has 1 fully saturated rings. The van der Waals surface area contributed by atoms with Crippen molar-refractivity contribution in [1.82, 2.24) is 20.3 Å². The number of anilines is 3. The first-order chi connectivity index (χ1) is 9.08. The van der Waals surface area contributed by atoms with Gasteiger partial charge < -0.3 is 20.9 Å². The van der Waals surface area contributed by atoms with Crippen LogP contribution in [0.25, 0.3) is 0 Å². The van der Waals surface area contributed by atoms with Gasteiger partial charge in [0.05, 0.1) is 0 Å². The van der Waals surface area contributed by atoms with E-state index in [1.54, 1.807) is 7.05 Å². The maximum atomic E-state index is 11.1. The van der Waals surface area contributed by atoms with Gasteiger partial charge in [-0.05, 0) is 6.42 Å². The lowest BCUT2D eigenvalue weighted by Crippen LogP contribution is -2.32. The van der Waals surface area contributed by atoms with Crippen LogP contribution in [0.1, 0.15) is 12.8 Å². The van der Waals surface area contributed by atoms with E-state index in [-0.39, 0.29) is 11.9 Å². The Labute approximate surface area is 112 Å². The fraction of sp³-hybridized carbons (Fsp3) is 0.636. The highest BCUT2D eigenvalue weighted by Crippen LogP contribution is 2.12. The van der Waals surface area contributed by atoms with Gasteiger partial charge in [0.1, 0.15) is 0 Å². The summed E-state index contributed by atoms with van der Waals surface area (Å²) >= 11 is 0. The van der Waals surface area contributed by atoms with Crippen molar-refractivity contribution in [2.75, 3.05) is 43.2 Å². The molecule has 1 aromatic heterocycles. The van der Waals surface area contributed by atoms with E-state index >= 15 is 0 Å². The molecule has 1 unspecified atom stereocenters. The highest BCUT2D eigenvalue weighted by molar-refractivity contribution is 5.78. The molecule has 19 heavy (non-hydrogen) atoms. The molecule has 0 spiro atoms. The largest absolute Gasteiger partial charge is 0.357 e. The van der Waals surface area contributed by atoms with E-state index in [4.69, 9.17) is 0 Å². The smallest absolute Gasteiger partial charge is 0.231 e. The number of carbonyl (C=O) groups excluding carboxylic acids is 1. The highest BCUT2D eigenvalue weighted by Gasteiger charge is 2.20. The van der Waals surface area contributed by atoms with E-state index in [1.165, 1.54) is 0 Å². The quantitative estimate of drug-likeness (QED) is 0.671. The average molecular weight is 265 g/mol. The molecule has 0 aromatic carbocycles.